The van der Waals surface area contributed by atoms with E-state index in [0.29, 0.717) is 0 Å². The number of anilines is 1. The largest absolute Gasteiger partial charge is 0.350 e. The van der Waals surface area contributed by atoms with E-state index >= 15 is 0 Å². The summed E-state index contributed by atoms with van der Waals surface area (Å²) in [5.41, 5.74) is 2.24. The van der Waals surface area contributed by atoms with Crippen molar-refractivity contribution in [2.24, 2.45) is 0 Å². The highest BCUT2D eigenvalue weighted by Crippen LogP contribution is 2.32. The molecule has 2 fully saturated rings. The van der Waals surface area contributed by atoms with Crippen molar-refractivity contribution in [2.75, 3.05) is 24.5 Å². The van der Waals surface area contributed by atoms with Crippen molar-refractivity contribution in [3.63, 3.8) is 0 Å². The van der Waals surface area contributed by atoms with Crippen LogP contribution in [0.3, 0.4) is 0 Å². The van der Waals surface area contributed by atoms with Gasteiger partial charge in [-0.25, -0.2) is 4.98 Å². The number of para-hydroxylation sites is 1. The van der Waals surface area contributed by atoms with Crippen molar-refractivity contribution in [3.8, 4) is 0 Å². The molecule has 2 aromatic heterocycles. The van der Waals surface area contributed by atoms with E-state index in [-0.39, 0.29) is 18.0 Å². The van der Waals surface area contributed by atoms with Gasteiger partial charge in [0.25, 0.3) is 0 Å². The van der Waals surface area contributed by atoms with Crippen LogP contribution in [0.4, 0.5) is 5.13 Å². The molecule has 7 heteroatoms. The highest BCUT2D eigenvalue weighted by Gasteiger charge is 2.33. The van der Waals surface area contributed by atoms with Crippen LogP contribution < -0.4 is 10.2 Å². The van der Waals surface area contributed by atoms with Gasteiger partial charge in [-0.05, 0) is 49.4 Å². The number of rotatable bonds is 5. The molecule has 2 aliphatic rings. The first-order valence-corrected chi connectivity index (χ1v) is 11.6. The van der Waals surface area contributed by atoms with Crippen molar-refractivity contribution in [3.05, 3.63) is 54.4 Å². The summed E-state index contributed by atoms with van der Waals surface area (Å²) in [6.07, 6.45) is 7.83. The molecular formula is C23H27N5OS. The molecule has 0 spiro atoms. The number of likely N-dealkylation sites (tertiary alicyclic amines) is 1. The Bertz CT molecular complexity index is 974. The average Bonchev–Trinajstić information content (AvgIpc) is 3.41. The Balaban J connectivity index is 1.23. The molecule has 1 aromatic carbocycles. The van der Waals surface area contributed by atoms with E-state index in [9.17, 15) is 4.79 Å². The molecule has 30 heavy (non-hydrogen) atoms. The molecule has 2 aliphatic heterocycles. The molecule has 2 saturated heterocycles. The van der Waals surface area contributed by atoms with Gasteiger partial charge >= 0.3 is 0 Å². The van der Waals surface area contributed by atoms with Crippen LogP contribution in [0.25, 0.3) is 10.2 Å². The summed E-state index contributed by atoms with van der Waals surface area (Å²) in [6.45, 7) is 3.69. The first kappa shape index (κ1) is 19.5. The van der Waals surface area contributed by atoms with Gasteiger partial charge in [0, 0.05) is 44.6 Å². The number of hydrogen-bond acceptors (Lipinski definition) is 6. The minimum absolute atomic E-state index is 0.119. The SMILES string of the molecule is O=C(NC1CCN(Cc2cccnc2)C1)[C@@H]1CCCCN1c1nc2ccccc2s1. The lowest BCUT2D eigenvalue weighted by atomic mass is 10.0. The number of pyridine rings is 1. The lowest BCUT2D eigenvalue weighted by molar-refractivity contribution is -0.123. The smallest absolute Gasteiger partial charge is 0.243 e. The quantitative estimate of drug-likeness (QED) is 0.684. The topological polar surface area (TPSA) is 61.4 Å². The van der Waals surface area contributed by atoms with Crippen molar-refractivity contribution in [1.82, 2.24) is 20.2 Å². The van der Waals surface area contributed by atoms with Crippen molar-refractivity contribution in [2.45, 2.75) is 44.3 Å². The Morgan fingerprint density at radius 3 is 2.93 bits per heavy atom. The van der Waals surface area contributed by atoms with E-state index in [1.54, 1.807) is 17.5 Å². The van der Waals surface area contributed by atoms with E-state index in [1.807, 2.05) is 30.5 Å². The molecule has 1 unspecified atom stereocenters. The summed E-state index contributed by atoms with van der Waals surface area (Å²) in [6, 6.07) is 12.4. The molecule has 0 aliphatic carbocycles. The minimum atomic E-state index is -0.119. The first-order chi connectivity index (χ1) is 14.8. The second kappa shape index (κ2) is 8.70. The molecule has 4 heterocycles. The Morgan fingerprint density at radius 1 is 1.13 bits per heavy atom. The van der Waals surface area contributed by atoms with E-state index in [4.69, 9.17) is 4.98 Å². The molecule has 0 bridgehead atoms. The maximum absolute atomic E-state index is 13.2. The number of hydrogen-bond donors (Lipinski definition) is 1. The molecular weight excluding hydrogens is 394 g/mol. The normalized spacial score (nSPS) is 22.5. The fraction of sp³-hybridized carbons (Fsp3) is 0.435. The van der Waals surface area contributed by atoms with Crippen LogP contribution in [-0.4, -0.2) is 52.5 Å². The van der Waals surface area contributed by atoms with Crippen LogP contribution in [0.2, 0.25) is 0 Å². The summed E-state index contributed by atoms with van der Waals surface area (Å²) in [5.74, 6) is 0.155. The van der Waals surface area contributed by atoms with Gasteiger partial charge < -0.3 is 10.2 Å². The minimum Gasteiger partial charge on any atom is -0.350 e. The Morgan fingerprint density at radius 2 is 2.07 bits per heavy atom. The molecule has 6 nitrogen and oxygen atoms in total. The summed E-state index contributed by atoms with van der Waals surface area (Å²) < 4.78 is 1.18. The Hall–Kier alpha value is -2.51. The molecule has 0 saturated carbocycles. The third-order valence-corrected chi connectivity index (χ3v) is 7.15. The van der Waals surface area contributed by atoms with E-state index in [2.05, 4.69) is 32.2 Å². The van der Waals surface area contributed by atoms with Gasteiger partial charge in [-0.15, -0.1) is 0 Å². The number of aromatic nitrogens is 2. The number of carbonyl (C=O) groups is 1. The number of nitrogens with zero attached hydrogens (tertiary/aromatic N) is 4. The number of thiazole rings is 1. The fourth-order valence-electron chi connectivity index (χ4n) is 4.56. The highest BCUT2D eigenvalue weighted by molar-refractivity contribution is 7.22. The maximum atomic E-state index is 13.2. The predicted octanol–water partition coefficient (Wildman–Crippen LogP) is 3.44. The van der Waals surface area contributed by atoms with Crippen LogP contribution in [0, 0.1) is 0 Å². The van der Waals surface area contributed by atoms with E-state index in [0.717, 1.165) is 62.5 Å². The zero-order chi connectivity index (χ0) is 20.3. The number of piperidine rings is 1. The monoisotopic (exact) mass is 421 g/mol. The molecule has 2 atom stereocenters. The fourth-order valence-corrected chi connectivity index (χ4v) is 5.60. The second-order valence-electron chi connectivity index (χ2n) is 8.26. The number of carbonyl (C=O) groups excluding carboxylic acids is 1. The predicted molar refractivity (Wildman–Crippen MR) is 121 cm³/mol. The Kier molecular flexibility index (Phi) is 5.64. The van der Waals surface area contributed by atoms with Gasteiger partial charge in [-0.1, -0.05) is 29.5 Å². The van der Waals surface area contributed by atoms with E-state index in [1.165, 1.54) is 10.3 Å². The van der Waals surface area contributed by atoms with Gasteiger partial charge in [0.15, 0.2) is 5.13 Å². The van der Waals surface area contributed by atoms with E-state index < -0.39 is 0 Å². The van der Waals surface area contributed by atoms with Gasteiger partial charge in [0.05, 0.1) is 10.2 Å². The summed E-state index contributed by atoms with van der Waals surface area (Å²) in [5, 5.41) is 4.31. The van der Waals surface area contributed by atoms with Gasteiger partial charge in [-0.2, -0.15) is 0 Å². The zero-order valence-electron chi connectivity index (χ0n) is 17.0. The number of fused-ring (bicyclic) bond motifs is 1. The van der Waals surface area contributed by atoms with Crippen LogP contribution >= 0.6 is 11.3 Å². The summed E-state index contributed by atoms with van der Waals surface area (Å²) >= 11 is 1.69. The van der Waals surface area contributed by atoms with Gasteiger partial charge in [-0.3, -0.25) is 14.7 Å². The molecule has 0 radical (unpaired) electrons. The molecule has 5 rings (SSSR count). The van der Waals surface area contributed by atoms with Crippen molar-refractivity contribution < 1.29 is 4.79 Å². The maximum Gasteiger partial charge on any atom is 0.243 e. The lowest BCUT2D eigenvalue weighted by Crippen LogP contribution is -2.52. The van der Waals surface area contributed by atoms with Crippen LogP contribution in [0.15, 0.2) is 48.8 Å². The molecule has 1 amide bonds. The van der Waals surface area contributed by atoms with Crippen molar-refractivity contribution >= 4 is 32.6 Å². The first-order valence-electron chi connectivity index (χ1n) is 10.8. The molecule has 3 aromatic rings. The lowest BCUT2D eigenvalue weighted by Gasteiger charge is -2.35. The van der Waals surface area contributed by atoms with Crippen LogP contribution in [-0.2, 0) is 11.3 Å². The zero-order valence-corrected chi connectivity index (χ0v) is 17.9. The second-order valence-corrected chi connectivity index (χ2v) is 9.27. The van der Waals surface area contributed by atoms with Gasteiger partial charge in [0.2, 0.25) is 5.91 Å². The highest BCUT2D eigenvalue weighted by atomic mass is 32.1. The third-order valence-electron chi connectivity index (χ3n) is 6.08. The standard InChI is InChI=1S/C23H27N5OS/c29-22(25-18-10-13-27(16-18)15-17-6-5-11-24-14-17)20-8-3-4-12-28(20)23-26-19-7-1-2-9-21(19)30-23/h1-2,5-7,9,11,14,18,20H,3-4,8,10,12-13,15-16H2,(H,25,29)/t18?,20-/m0/s1. The molecule has 156 valence electrons. The summed E-state index contributed by atoms with van der Waals surface area (Å²) in [7, 11) is 0. The average molecular weight is 422 g/mol. The Labute approximate surface area is 180 Å². The van der Waals surface area contributed by atoms with Crippen LogP contribution in [0.1, 0.15) is 31.2 Å². The number of nitrogens with one attached hydrogen (secondary N) is 1. The molecule has 1 N–H and O–H groups in total. The third kappa shape index (κ3) is 4.18. The summed E-state index contributed by atoms with van der Waals surface area (Å²) in [4.78, 5) is 26.8. The van der Waals surface area contributed by atoms with Gasteiger partial charge in [0.1, 0.15) is 6.04 Å². The number of amides is 1. The number of benzene rings is 1. The van der Waals surface area contributed by atoms with Crippen molar-refractivity contribution in [1.29, 1.82) is 0 Å². The van der Waals surface area contributed by atoms with Crippen LogP contribution in [0.5, 0.6) is 0 Å².